The molecule has 1 aromatic rings. The first-order valence-electron chi connectivity index (χ1n) is 5.63. The maximum atomic E-state index is 11.9. The van der Waals surface area contributed by atoms with Gasteiger partial charge >= 0.3 is 0 Å². The molecular formula is C13H19BrN2O. The van der Waals surface area contributed by atoms with Gasteiger partial charge < -0.3 is 10.2 Å². The largest absolute Gasteiger partial charge is 0.348 e. The van der Waals surface area contributed by atoms with Crippen molar-refractivity contribution in [2.45, 2.75) is 18.3 Å². The van der Waals surface area contributed by atoms with Crippen LogP contribution >= 0.6 is 15.9 Å². The highest BCUT2D eigenvalue weighted by molar-refractivity contribution is 9.08. The maximum absolute atomic E-state index is 11.9. The van der Waals surface area contributed by atoms with Crippen LogP contribution in [0.15, 0.2) is 24.3 Å². The summed E-state index contributed by atoms with van der Waals surface area (Å²) in [7, 11) is 3.99. The zero-order chi connectivity index (χ0) is 12.8. The zero-order valence-corrected chi connectivity index (χ0v) is 12.1. The maximum Gasteiger partial charge on any atom is 0.251 e. The van der Waals surface area contributed by atoms with Crippen molar-refractivity contribution in [3.8, 4) is 0 Å². The average molecular weight is 299 g/mol. The number of amides is 1. The van der Waals surface area contributed by atoms with E-state index in [0.717, 1.165) is 11.9 Å². The quantitative estimate of drug-likeness (QED) is 0.846. The predicted molar refractivity (Wildman–Crippen MR) is 74.6 cm³/mol. The lowest BCUT2D eigenvalue weighted by atomic mass is 10.1. The Kier molecular flexibility index (Phi) is 5.65. The highest BCUT2D eigenvalue weighted by Crippen LogP contribution is 2.08. The van der Waals surface area contributed by atoms with E-state index in [1.807, 2.05) is 45.3 Å². The fraction of sp³-hybridized carbons (Fsp3) is 0.462. The highest BCUT2D eigenvalue weighted by atomic mass is 79.9. The Labute approximate surface area is 111 Å². The summed E-state index contributed by atoms with van der Waals surface area (Å²) < 4.78 is 0. The van der Waals surface area contributed by atoms with E-state index in [1.165, 1.54) is 5.56 Å². The number of likely N-dealkylation sites (N-methyl/N-ethyl adjacent to an activating group) is 1. The number of nitrogens with one attached hydrogen (secondary N) is 1. The monoisotopic (exact) mass is 298 g/mol. The van der Waals surface area contributed by atoms with Crippen molar-refractivity contribution in [3.05, 3.63) is 35.4 Å². The molecule has 1 unspecified atom stereocenters. The van der Waals surface area contributed by atoms with Crippen molar-refractivity contribution >= 4 is 21.8 Å². The van der Waals surface area contributed by atoms with E-state index in [2.05, 4.69) is 26.1 Å². The number of nitrogens with zero attached hydrogens (tertiary/aromatic N) is 1. The number of alkyl halides is 1. The van der Waals surface area contributed by atoms with Crippen LogP contribution in [0, 0.1) is 0 Å². The minimum Gasteiger partial charge on any atom is -0.348 e. The van der Waals surface area contributed by atoms with Crippen LogP contribution in [0.1, 0.15) is 22.8 Å². The Hall–Kier alpha value is -0.870. The predicted octanol–water partition coefficient (Wildman–Crippen LogP) is 2.26. The first-order valence-corrected chi connectivity index (χ1v) is 6.75. The molecule has 0 spiro atoms. The molecular weight excluding hydrogens is 280 g/mol. The molecule has 94 valence electrons. The summed E-state index contributed by atoms with van der Waals surface area (Å²) in [6.07, 6.45) is 0. The fourth-order valence-electron chi connectivity index (χ4n) is 1.65. The van der Waals surface area contributed by atoms with Crippen LogP contribution in [-0.2, 0) is 5.33 Å². The first-order chi connectivity index (χ1) is 8.02. The molecule has 1 amide bonds. The highest BCUT2D eigenvalue weighted by Gasteiger charge is 2.09. The molecule has 0 heterocycles. The number of hydrogen-bond acceptors (Lipinski definition) is 2. The van der Waals surface area contributed by atoms with Gasteiger partial charge in [0.2, 0.25) is 0 Å². The number of rotatable bonds is 5. The van der Waals surface area contributed by atoms with Gasteiger partial charge in [0, 0.05) is 23.5 Å². The molecule has 1 N–H and O–H groups in total. The van der Waals surface area contributed by atoms with Crippen molar-refractivity contribution in [2.75, 3.05) is 20.6 Å². The van der Waals surface area contributed by atoms with E-state index in [9.17, 15) is 4.79 Å². The van der Waals surface area contributed by atoms with Crippen LogP contribution in [0.5, 0.6) is 0 Å². The van der Waals surface area contributed by atoms with Gasteiger partial charge in [-0.05, 0) is 38.7 Å². The summed E-state index contributed by atoms with van der Waals surface area (Å²) in [5, 5.41) is 3.78. The smallest absolute Gasteiger partial charge is 0.251 e. The molecule has 17 heavy (non-hydrogen) atoms. The molecule has 1 aromatic carbocycles. The standard InChI is InChI=1S/C13H19BrN2O/c1-10(9-16(2)3)15-13(17)12-6-4-11(8-14)5-7-12/h4-7,10H,8-9H2,1-3H3,(H,15,17). The minimum absolute atomic E-state index is 0.0135. The zero-order valence-electron chi connectivity index (χ0n) is 10.5. The van der Waals surface area contributed by atoms with Gasteiger partial charge in [0.25, 0.3) is 5.91 Å². The van der Waals surface area contributed by atoms with Crippen LogP contribution in [-0.4, -0.2) is 37.5 Å². The molecule has 0 aromatic heterocycles. The summed E-state index contributed by atoms with van der Waals surface area (Å²) in [5.74, 6) is -0.0135. The molecule has 0 saturated heterocycles. The molecule has 0 fully saturated rings. The molecule has 0 aliphatic rings. The number of halogens is 1. The first kappa shape index (κ1) is 14.2. The third-order valence-electron chi connectivity index (χ3n) is 2.39. The topological polar surface area (TPSA) is 32.3 Å². The normalized spacial score (nSPS) is 12.5. The van der Waals surface area contributed by atoms with Crippen molar-refractivity contribution in [1.29, 1.82) is 0 Å². The second kappa shape index (κ2) is 6.77. The fourth-order valence-corrected chi connectivity index (χ4v) is 2.02. The summed E-state index contributed by atoms with van der Waals surface area (Å²) in [4.78, 5) is 13.9. The summed E-state index contributed by atoms with van der Waals surface area (Å²) in [5.41, 5.74) is 1.88. The average Bonchev–Trinajstić information content (AvgIpc) is 2.28. The van der Waals surface area contributed by atoms with Crippen LogP contribution in [0.4, 0.5) is 0 Å². The number of hydrogen-bond donors (Lipinski definition) is 1. The lowest BCUT2D eigenvalue weighted by Crippen LogP contribution is -2.39. The van der Waals surface area contributed by atoms with E-state index < -0.39 is 0 Å². The van der Waals surface area contributed by atoms with Crippen LogP contribution in [0.2, 0.25) is 0 Å². The van der Waals surface area contributed by atoms with Gasteiger partial charge in [0.1, 0.15) is 0 Å². The third-order valence-corrected chi connectivity index (χ3v) is 3.03. The van der Waals surface area contributed by atoms with Gasteiger partial charge in [-0.15, -0.1) is 0 Å². The molecule has 0 bridgehead atoms. The Balaban J connectivity index is 2.57. The minimum atomic E-state index is -0.0135. The summed E-state index contributed by atoms with van der Waals surface area (Å²) >= 11 is 3.38. The van der Waals surface area contributed by atoms with Gasteiger partial charge in [-0.1, -0.05) is 28.1 Å². The Morgan fingerprint density at radius 2 is 1.94 bits per heavy atom. The number of benzene rings is 1. The lowest BCUT2D eigenvalue weighted by Gasteiger charge is -2.18. The van der Waals surface area contributed by atoms with Gasteiger partial charge in [-0.25, -0.2) is 0 Å². The van der Waals surface area contributed by atoms with Gasteiger partial charge in [0.05, 0.1) is 0 Å². The van der Waals surface area contributed by atoms with Crippen molar-refractivity contribution in [3.63, 3.8) is 0 Å². The Morgan fingerprint density at radius 3 is 2.41 bits per heavy atom. The third kappa shape index (κ3) is 4.88. The van der Waals surface area contributed by atoms with E-state index in [0.29, 0.717) is 5.56 Å². The van der Waals surface area contributed by atoms with E-state index in [1.54, 1.807) is 0 Å². The van der Waals surface area contributed by atoms with Gasteiger partial charge in [0.15, 0.2) is 0 Å². The van der Waals surface area contributed by atoms with Crippen molar-refractivity contribution in [2.24, 2.45) is 0 Å². The molecule has 4 heteroatoms. The summed E-state index contributed by atoms with van der Waals surface area (Å²) in [6, 6.07) is 7.77. The molecule has 0 aliphatic carbocycles. The second-order valence-electron chi connectivity index (χ2n) is 4.47. The SMILES string of the molecule is CC(CN(C)C)NC(=O)c1ccc(CBr)cc1. The van der Waals surface area contributed by atoms with Crippen LogP contribution in [0.25, 0.3) is 0 Å². The molecule has 1 rings (SSSR count). The Bertz CT molecular complexity index is 362. The second-order valence-corrected chi connectivity index (χ2v) is 5.03. The molecule has 0 saturated carbocycles. The van der Waals surface area contributed by atoms with Gasteiger partial charge in [-0.3, -0.25) is 4.79 Å². The van der Waals surface area contributed by atoms with Gasteiger partial charge in [-0.2, -0.15) is 0 Å². The van der Waals surface area contributed by atoms with Crippen LogP contribution in [0.3, 0.4) is 0 Å². The number of carbonyl (C=O) groups is 1. The lowest BCUT2D eigenvalue weighted by molar-refractivity contribution is 0.0934. The summed E-state index contributed by atoms with van der Waals surface area (Å²) in [6.45, 7) is 2.84. The molecule has 0 radical (unpaired) electrons. The van der Waals surface area contributed by atoms with E-state index >= 15 is 0 Å². The molecule has 3 nitrogen and oxygen atoms in total. The molecule has 0 aliphatic heterocycles. The molecule has 1 atom stereocenters. The van der Waals surface area contributed by atoms with Crippen LogP contribution < -0.4 is 5.32 Å². The Morgan fingerprint density at radius 1 is 1.35 bits per heavy atom. The van der Waals surface area contributed by atoms with Crippen molar-refractivity contribution < 1.29 is 4.79 Å². The van der Waals surface area contributed by atoms with Crippen molar-refractivity contribution in [1.82, 2.24) is 10.2 Å². The van der Waals surface area contributed by atoms with E-state index in [4.69, 9.17) is 0 Å². The van der Waals surface area contributed by atoms with E-state index in [-0.39, 0.29) is 11.9 Å². The number of carbonyl (C=O) groups excluding carboxylic acids is 1.